The highest BCUT2D eigenvalue weighted by atomic mass is 32.2. The molecule has 0 fully saturated rings. The smallest absolute Gasteiger partial charge is 0.322 e. The number of unbranched alkanes of at least 4 members (excludes halogenated alkanes) is 1. The van der Waals surface area contributed by atoms with Crippen LogP contribution in [-0.2, 0) is 21.7 Å². The number of carbonyl (C=O) groups is 1. The first kappa shape index (κ1) is 23.9. The van der Waals surface area contributed by atoms with Gasteiger partial charge in [-0.1, -0.05) is 19.4 Å². The van der Waals surface area contributed by atoms with E-state index in [1.807, 2.05) is 6.92 Å². The molecule has 0 aliphatic rings. The first-order chi connectivity index (χ1) is 13.8. The molecular weight excluding hydrogens is 421 g/mol. The monoisotopic (exact) mass is 446 g/mol. The SMILES string of the molecule is CCCCNS(=O)(=O)c1cccc(NC(=O)c2cnn(C(C)(C)C)c2C(F)(F)F)c1. The van der Waals surface area contributed by atoms with Crippen molar-refractivity contribution in [2.75, 3.05) is 11.9 Å². The molecule has 1 aromatic carbocycles. The van der Waals surface area contributed by atoms with Crippen LogP contribution >= 0.6 is 0 Å². The molecule has 166 valence electrons. The molecule has 0 atom stereocenters. The van der Waals surface area contributed by atoms with E-state index in [2.05, 4.69) is 15.1 Å². The number of halogens is 3. The van der Waals surface area contributed by atoms with Crippen LogP contribution < -0.4 is 10.0 Å². The van der Waals surface area contributed by atoms with Gasteiger partial charge in [-0.2, -0.15) is 18.3 Å². The third-order valence-electron chi connectivity index (χ3n) is 4.14. The average Bonchev–Trinajstić information content (AvgIpc) is 3.08. The number of benzene rings is 1. The van der Waals surface area contributed by atoms with Crippen LogP contribution in [0.25, 0.3) is 0 Å². The van der Waals surface area contributed by atoms with E-state index in [0.717, 1.165) is 17.3 Å². The molecule has 2 rings (SSSR count). The fraction of sp³-hybridized carbons (Fsp3) is 0.474. The molecule has 2 aromatic rings. The topological polar surface area (TPSA) is 93.1 Å². The normalized spacial score (nSPS) is 12.8. The number of alkyl halides is 3. The Morgan fingerprint density at radius 3 is 2.43 bits per heavy atom. The predicted octanol–water partition coefficient (Wildman–Crippen LogP) is 3.99. The summed E-state index contributed by atoms with van der Waals surface area (Å²) in [6, 6.07) is 5.31. The van der Waals surface area contributed by atoms with Gasteiger partial charge in [-0.25, -0.2) is 13.1 Å². The number of sulfonamides is 1. The molecule has 0 unspecified atom stereocenters. The van der Waals surface area contributed by atoms with Gasteiger partial charge >= 0.3 is 6.18 Å². The van der Waals surface area contributed by atoms with E-state index in [9.17, 15) is 26.4 Å². The van der Waals surface area contributed by atoms with Gasteiger partial charge in [-0.15, -0.1) is 0 Å². The summed E-state index contributed by atoms with van der Waals surface area (Å²) in [5.74, 6) is -1.04. The maximum atomic E-state index is 13.6. The second-order valence-corrected chi connectivity index (χ2v) is 9.49. The highest BCUT2D eigenvalue weighted by molar-refractivity contribution is 7.89. The van der Waals surface area contributed by atoms with Gasteiger partial charge in [-0.3, -0.25) is 9.48 Å². The van der Waals surface area contributed by atoms with Crippen molar-refractivity contribution in [3.8, 4) is 0 Å². The zero-order valence-electron chi connectivity index (χ0n) is 17.2. The minimum Gasteiger partial charge on any atom is -0.322 e. The number of nitrogens with one attached hydrogen (secondary N) is 2. The number of aromatic nitrogens is 2. The Bertz CT molecular complexity index is 1010. The van der Waals surface area contributed by atoms with Crippen molar-refractivity contribution in [3.63, 3.8) is 0 Å². The van der Waals surface area contributed by atoms with Crippen LogP contribution in [0.5, 0.6) is 0 Å². The summed E-state index contributed by atoms with van der Waals surface area (Å²) in [7, 11) is -3.80. The van der Waals surface area contributed by atoms with E-state index in [0.29, 0.717) is 6.42 Å². The summed E-state index contributed by atoms with van der Waals surface area (Å²) in [6.07, 6.45) is -2.48. The number of rotatable bonds is 7. The zero-order chi connectivity index (χ0) is 22.7. The van der Waals surface area contributed by atoms with Crippen molar-refractivity contribution < 1.29 is 26.4 Å². The van der Waals surface area contributed by atoms with Crippen LogP contribution in [0.3, 0.4) is 0 Å². The minimum absolute atomic E-state index is 0.0509. The molecule has 0 saturated heterocycles. The summed E-state index contributed by atoms with van der Waals surface area (Å²) in [6.45, 7) is 6.79. The second-order valence-electron chi connectivity index (χ2n) is 7.72. The standard InChI is InChI=1S/C19H25F3N4O3S/c1-5-6-10-24-30(28,29)14-9-7-8-13(11-14)25-17(27)15-12-23-26(18(2,3)4)16(15)19(20,21)22/h7-9,11-12,24H,5-6,10H2,1-4H3,(H,25,27). The van der Waals surface area contributed by atoms with Crippen LogP contribution in [0.2, 0.25) is 0 Å². The molecule has 30 heavy (non-hydrogen) atoms. The van der Waals surface area contributed by atoms with Crippen molar-refractivity contribution in [2.24, 2.45) is 0 Å². The van der Waals surface area contributed by atoms with E-state index < -0.39 is 38.9 Å². The number of nitrogens with zero attached hydrogens (tertiary/aromatic N) is 2. The third kappa shape index (κ3) is 5.60. The summed E-state index contributed by atoms with van der Waals surface area (Å²) in [4.78, 5) is 12.5. The van der Waals surface area contributed by atoms with E-state index >= 15 is 0 Å². The fourth-order valence-corrected chi connectivity index (χ4v) is 3.82. The summed E-state index contributed by atoms with van der Waals surface area (Å²) in [5, 5.41) is 6.08. The molecule has 0 radical (unpaired) electrons. The minimum atomic E-state index is -4.80. The lowest BCUT2D eigenvalue weighted by Crippen LogP contribution is -2.30. The molecule has 7 nitrogen and oxygen atoms in total. The van der Waals surface area contributed by atoms with Gasteiger partial charge in [0.1, 0.15) is 0 Å². The number of carbonyl (C=O) groups excluding carboxylic acids is 1. The Morgan fingerprint density at radius 1 is 1.20 bits per heavy atom. The van der Waals surface area contributed by atoms with Crippen molar-refractivity contribution >= 4 is 21.6 Å². The van der Waals surface area contributed by atoms with Gasteiger partial charge in [0.05, 0.1) is 22.2 Å². The molecule has 1 amide bonds. The maximum absolute atomic E-state index is 13.6. The maximum Gasteiger partial charge on any atom is 0.433 e. The first-order valence-electron chi connectivity index (χ1n) is 9.34. The fourth-order valence-electron chi connectivity index (χ4n) is 2.70. The Labute approximate surface area is 173 Å². The Morgan fingerprint density at radius 2 is 1.87 bits per heavy atom. The summed E-state index contributed by atoms with van der Waals surface area (Å²) < 4.78 is 68.7. The van der Waals surface area contributed by atoms with Crippen LogP contribution in [0.1, 0.15) is 56.6 Å². The van der Waals surface area contributed by atoms with Gasteiger partial charge in [-0.05, 0) is 45.4 Å². The molecule has 0 spiro atoms. The highest BCUT2D eigenvalue weighted by Gasteiger charge is 2.42. The van der Waals surface area contributed by atoms with E-state index in [4.69, 9.17) is 0 Å². The molecule has 0 saturated carbocycles. The van der Waals surface area contributed by atoms with Crippen molar-refractivity contribution in [1.29, 1.82) is 0 Å². The summed E-state index contributed by atoms with van der Waals surface area (Å²) in [5.41, 5.74) is -2.76. The Hall–Kier alpha value is -2.40. The van der Waals surface area contributed by atoms with Gasteiger partial charge < -0.3 is 5.32 Å². The molecule has 1 heterocycles. The third-order valence-corrected chi connectivity index (χ3v) is 5.60. The lowest BCUT2D eigenvalue weighted by atomic mass is 10.1. The molecular formula is C19H25F3N4O3S. The molecule has 0 bridgehead atoms. The second kappa shape index (κ2) is 8.76. The van der Waals surface area contributed by atoms with Crippen molar-refractivity contribution in [2.45, 2.75) is 57.1 Å². The van der Waals surface area contributed by atoms with Crippen LogP contribution in [0.15, 0.2) is 35.4 Å². The van der Waals surface area contributed by atoms with Crippen LogP contribution in [-0.4, -0.2) is 30.7 Å². The average molecular weight is 446 g/mol. The Balaban J connectivity index is 2.33. The number of hydrogen-bond donors (Lipinski definition) is 2. The number of amides is 1. The van der Waals surface area contributed by atoms with Crippen LogP contribution in [0, 0.1) is 0 Å². The molecule has 2 N–H and O–H groups in total. The highest BCUT2D eigenvalue weighted by Crippen LogP contribution is 2.35. The molecule has 11 heteroatoms. The predicted molar refractivity (Wildman–Crippen MR) is 107 cm³/mol. The van der Waals surface area contributed by atoms with Crippen molar-refractivity contribution in [3.05, 3.63) is 41.7 Å². The molecule has 1 aromatic heterocycles. The quantitative estimate of drug-likeness (QED) is 0.629. The van der Waals surface area contributed by atoms with Gasteiger partial charge in [0, 0.05) is 12.2 Å². The largest absolute Gasteiger partial charge is 0.433 e. The number of hydrogen-bond acceptors (Lipinski definition) is 4. The van der Waals surface area contributed by atoms with Gasteiger partial charge in [0.15, 0.2) is 5.69 Å². The van der Waals surface area contributed by atoms with E-state index in [-0.39, 0.29) is 17.1 Å². The Kier molecular flexibility index (Phi) is 6.97. The first-order valence-corrected chi connectivity index (χ1v) is 10.8. The van der Waals surface area contributed by atoms with E-state index in [1.165, 1.54) is 45.0 Å². The van der Waals surface area contributed by atoms with Gasteiger partial charge in [0.2, 0.25) is 10.0 Å². The van der Waals surface area contributed by atoms with E-state index in [1.54, 1.807) is 0 Å². The van der Waals surface area contributed by atoms with Gasteiger partial charge in [0.25, 0.3) is 5.91 Å². The van der Waals surface area contributed by atoms with Crippen molar-refractivity contribution in [1.82, 2.24) is 14.5 Å². The summed E-state index contributed by atoms with van der Waals surface area (Å²) >= 11 is 0. The number of anilines is 1. The molecule has 0 aliphatic carbocycles. The lowest BCUT2D eigenvalue weighted by Gasteiger charge is -2.23. The zero-order valence-corrected chi connectivity index (χ0v) is 18.0. The van der Waals surface area contributed by atoms with Crippen LogP contribution in [0.4, 0.5) is 18.9 Å². The lowest BCUT2D eigenvalue weighted by molar-refractivity contribution is -0.146. The molecule has 0 aliphatic heterocycles.